The first-order valence-electron chi connectivity index (χ1n) is 8.92. The highest BCUT2D eigenvalue weighted by Crippen LogP contribution is 2.38. The Morgan fingerprint density at radius 2 is 2.12 bits per heavy atom. The summed E-state index contributed by atoms with van der Waals surface area (Å²) in [6.45, 7) is 5.58. The van der Waals surface area contributed by atoms with Crippen LogP contribution in [0, 0.1) is 0 Å². The van der Waals surface area contributed by atoms with Crippen LogP contribution in [0.1, 0.15) is 30.5 Å². The van der Waals surface area contributed by atoms with Crippen LogP contribution in [-0.4, -0.2) is 43.3 Å². The molecule has 1 aliphatic carbocycles. The fourth-order valence-electron chi connectivity index (χ4n) is 3.52. The lowest BCUT2D eigenvalue weighted by molar-refractivity contribution is 0.122. The quantitative estimate of drug-likeness (QED) is 0.856. The fraction of sp³-hybridized carbons (Fsp3) is 0.400. The molecular weight excluding hydrogens is 312 g/mol. The lowest BCUT2D eigenvalue weighted by Gasteiger charge is -2.32. The number of ether oxygens (including phenoxy) is 1. The van der Waals surface area contributed by atoms with Gasteiger partial charge in [-0.2, -0.15) is 0 Å². The van der Waals surface area contributed by atoms with E-state index >= 15 is 0 Å². The maximum atomic E-state index is 5.50. The highest BCUT2D eigenvalue weighted by Gasteiger charge is 2.23. The van der Waals surface area contributed by atoms with Crippen molar-refractivity contribution in [2.75, 3.05) is 43.2 Å². The van der Waals surface area contributed by atoms with Gasteiger partial charge in [0.25, 0.3) is 0 Å². The van der Waals surface area contributed by atoms with Crippen molar-refractivity contribution in [3.8, 4) is 0 Å². The predicted octanol–water partition coefficient (Wildman–Crippen LogP) is 3.60. The van der Waals surface area contributed by atoms with E-state index in [0.29, 0.717) is 5.92 Å². The summed E-state index contributed by atoms with van der Waals surface area (Å²) in [6.07, 6.45) is 9.22. The summed E-state index contributed by atoms with van der Waals surface area (Å²) in [5, 5.41) is 0. The summed E-state index contributed by atoms with van der Waals surface area (Å²) in [6, 6.07) is 6.27. The molecule has 2 aromatic rings. The lowest BCUT2D eigenvalue weighted by atomic mass is 9.91. The summed E-state index contributed by atoms with van der Waals surface area (Å²) in [5.74, 6) is 1.48. The number of hydrogen-bond acceptors (Lipinski definition) is 5. The van der Waals surface area contributed by atoms with Gasteiger partial charge in [-0.3, -0.25) is 4.98 Å². The predicted molar refractivity (Wildman–Crippen MR) is 102 cm³/mol. The highest BCUT2D eigenvalue weighted by molar-refractivity contribution is 5.78. The van der Waals surface area contributed by atoms with E-state index in [4.69, 9.17) is 9.72 Å². The van der Waals surface area contributed by atoms with Gasteiger partial charge in [-0.1, -0.05) is 19.1 Å². The van der Waals surface area contributed by atoms with Crippen LogP contribution >= 0.6 is 0 Å². The lowest BCUT2D eigenvalue weighted by Crippen LogP contribution is -2.37. The smallest absolute Gasteiger partial charge is 0.131 e. The van der Waals surface area contributed by atoms with E-state index in [2.05, 4.69) is 53.0 Å². The third-order valence-corrected chi connectivity index (χ3v) is 5.02. The molecule has 0 spiro atoms. The molecule has 3 heterocycles. The average molecular weight is 336 g/mol. The molecule has 0 amide bonds. The first-order valence-corrected chi connectivity index (χ1v) is 8.92. The van der Waals surface area contributed by atoms with Crippen molar-refractivity contribution < 1.29 is 4.74 Å². The van der Waals surface area contributed by atoms with Gasteiger partial charge in [-0.05, 0) is 18.6 Å². The standard InChI is InChI=1S/C20H24N4O/c1-15-5-3-7-17-18(23(2)16-6-4-8-21-14-16)13-19(22-20(15)17)24-9-11-25-12-10-24/h3-4,6-8,13-15H,5,9-12H2,1-2H3. The number of nitrogens with zero attached hydrogens (tertiary/aromatic N) is 4. The molecule has 2 aromatic heterocycles. The minimum Gasteiger partial charge on any atom is -0.378 e. The third kappa shape index (κ3) is 3.12. The van der Waals surface area contributed by atoms with Crippen LogP contribution in [0.25, 0.3) is 6.08 Å². The molecule has 1 atom stereocenters. The molecule has 25 heavy (non-hydrogen) atoms. The zero-order valence-electron chi connectivity index (χ0n) is 14.9. The first-order chi connectivity index (χ1) is 12.2. The van der Waals surface area contributed by atoms with Crippen LogP contribution in [0.15, 0.2) is 36.7 Å². The van der Waals surface area contributed by atoms with E-state index in [1.54, 1.807) is 6.20 Å². The Labute approximate surface area is 149 Å². The Kier molecular flexibility index (Phi) is 4.40. The molecule has 5 heteroatoms. The fourth-order valence-corrected chi connectivity index (χ4v) is 3.52. The number of morpholine rings is 1. The monoisotopic (exact) mass is 336 g/mol. The summed E-state index contributed by atoms with van der Waals surface area (Å²) < 4.78 is 5.50. The maximum absolute atomic E-state index is 5.50. The van der Waals surface area contributed by atoms with Gasteiger partial charge in [-0.25, -0.2) is 4.98 Å². The highest BCUT2D eigenvalue weighted by atomic mass is 16.5. The third-order valence-electron chi connectivity index (χ3n) is 5.02. The molecule has 0 aromatic carbocycles. The molecule has 2 aliphatic rings. The molecule has 1 saturated heterocycles. The molecule has 4 rings (SSSR count). The summed E-state index contributed by atoms with van der Waals surface area (Å²) in [4.78, 5) is 13.8. The van der Waals surface area contributed by atoms with Gasteiger partial charge >= 0.3 is 0 Å². The Bertz CT molecular complexity index is 769. The van der Waals surface area contributed by atoms with Crippen molar-refractivity contribution in [3.63, 3.8) is 0 Å². The van der Waals surface area contributed by atoms with Crippen LogP contribution in [0.3, 0.4) is 0 Å². The van der Waals surface area contributed by atoms with Gasteiger partial charge in [-0.15, -0.1) is 0 Å². The van der Waals surface area contributed by atoms with Crippen LogP contribution in [-0.2, 0) is 4.74 Å². The van der Waals surface area contributed by atoms with Crippen LogP contribution in [0.4, 0.5) is 17.2 Å². The van der Waals surface area contributed by atoms with Crippen molar-refractivity contribution in [1.29, 1.82) is 0 Å². The molecule has 5 nitrogen and oxygen atoms in total. The Morgan fingerprint density at radius 1 is 1.28 bits per heavy atom. The zero-order valence-corrected chi connectivity index (χ0v) is 14.9. The molecular formula is C20H24N4O. The second kappa shape index (κ2) is 6.84. The maximum Gasteiger partial charge on any atom is 0.131 e. The Morgan fingerprint density at radius 3 is 2.88 bits per heavy atom. The van der Waals surface area contributed by atoms with Crippen LogP contribution < -0.4 is 9.80 Å². The van der Waals surface area contributed by atoms with E-state index in [1.165, 1.54) is 16.9 Å². The number of rotatable bonds is 3. The van der Waals surface area contributed by atoms with Gasteiger partial charge in [0.2, 0.25) is 0 Å². The number of fused-ring (bicyclic) bond motifs is 1. The van der Waals surface area contributed by atoms with Crippen molar-refractivity contribution in [3.05, 3.63) is 47.9 Å². The molecule has 0 saturated carbocycles. The summed E-state index contributed by atoms with van der Waals surface area (Å²) in [5.41, 5.74) is 4.68. The molecule has 0 radical (unpaired) electrons. The second-order valence-corrected chi connectivity index (χ2v) is 6.71. The molecule has 1 fully saturated rings. The van der Waals surface area contributed by atoms with E-state index in [0.717, 1.165) is 44.2 Å². The SMILES string of the molecule is CC1CC=Cc2c(N(C)c3cccnc3)cc(N3CCOCC3)nc21. The molecule has 130 valence electrons. The summed E-state index contributed by atoms with van der Waals surface area (Å²) in [7, 11) is 2.10. The second-order valence-electron chi connectivity index (χ2n) is 6.71. The molecule has 1 unspecified atom stereocenters. The van der Waals surface area contributed by atoms with Gasteiger partial charge < -0.3 is 14.5 Å². The minimum atomic E-state index is 0.432. The minimum absolute atomic E-state index is 0.432. The number of aromatic nitrogens is 2. The van der Waals surface area contributed by atoms with Gasteiger partial charge in [0, 0.05) is 43.9 Å². The van der Waals surface area contributed by atoms with Gasteiger partial charge in [0.15, 0.2) is 0 Å². The largest absolute Gasteiger partial charge is 0.378 e. The van der Waals surface area contributed by atoms with Crippen molar-refractivity contribution in [2.24, 2.45) is 0 Å². The number of pyridine rings is 2. The summed E-state index contributed by atoms with van der Waals surface area (Å²) >= 11 is 0. The van der Waals surface area contributed by atoms with Crippen LogP contribution in [0.5, 0.6) is 0 Å². The zero-order chi connectivity index (χ0) is 17.2. The normalized spacial score (nSPS) is 19.6. The van der Waals surface area contributed by atoms with Crippen LogP contribution in [0.2, 0.25) is 0 Å². The van der Waals surface area contributed by atoms with E-state index in [9.17, 15) is 0 Å². The molecule has 0 N–H and O–H groups in total. The topological polar surface area (TPSA) is 41.5 Å². The van der Waals surface area contributed by atoms with Crippen molar-refractivity contribution in [1.82, 2.24) is 9.97 Å². The molecule has 1 aliphatic heterocycles. The average Bonchev–Trinajstić information content (AvgIpc) is 2.68. The number of anilines is 3. The van der Waals surface area contributed by atoms with Crippen molar-refractivity contribution >= 4 is 23.3 Å². The Balaban J connectivity index is 1.81. The first kappa shape index (κ1) is 16.1. The van der Waals surface area contributed by atoms with Gasteiger partial charge in [0.05, 0.1) is 36.5 Å². The number of hydrogen-bond donors (Lipinski definition) is 0. The Hall–Kier alpha value is -2.40. The van der Waals surface area contributed by atoms with E-state index in [1.807, 2.05) is 12.3 Å². The van der Waals surface area contributed by atoms with Gasteiger partial charge in [0.1, 0.15) is 5.82 Å². The molecule has 0 bridgehead atoms. The van der Waals surface area contributed by atoms with Crippen molar-refractivity contribution in [2.45, 2.75) is 19.3 Å². The van der Waals surface area contributed by atoms with E-state index < -0.39 is 0 Å². The van der Waals surface area contributed by atoms with E-state index in [-0.39, 0.29) is 0 Å². The number of allylic oxidation sites excluding steroid dienone is 1.